The van der Waals surface area contributed by atoms with Crippen molar-refractivity contribution in [1.29, 1.82) is 0 Å². The van der Waals surface area contributed by atoms with Crippen LogP contribution in [0.1, 0.15) is 11.7 Å². The number of alkyl halides is 2. The summed E-state index contributed by atoms with van der Waals surface area (Å²) in [6, 6.07) is 4.57. The molecular weight excluding hydrogens is 360 g/mol. The predicted molar refractivity (Wildman–Crippen MR) is 90.0 cm³/mol. The van der Waals surface area contributed by atoms with Gasteiger partial charge in [-0.2, -0.15) is 42.8 Å². The van der Waals surface area contributed by atoms with Crippen molar-refractivity contribution >= 4 is 51.3 Å². The molecular formula is C15H11F2NO2S3. The molecule has 23 heavy (non-hydrogen) atoms. The van der Waals surface area contributed by atoms with Crippen molar-refractivity contribution in [2.75, 3.05) is 4.90 Å². The highest BCUT2D eigenvalue weighted by atomic mass is 32.1. The minimum Gasteiger partial charge on any atom is -0.381 e. The molecule has 120 valence electrons. The number of thiophene rings is 3. The summed E-state index contributed by atoms with van der Waals surface area (Å²) < 4.78 is 29.2. The molecule has 1 amide bonds. The Kier molecular flexibility index (Phi) is 4.58. The van der Waals surface area contributed by atoms with Crippen LogP contribution < -0.4 is 4.90 Å². The molecule has 0 bridgehead atoms. The van der Waals surface area contributed by atoms with E-state index in [1.807, 2.05) is 0 Å². The van der Waals surface area contributed by atoms with E-state index >= 15 is 0 Å². The lowest BCUT2D eigenvalue weighted by molar-refractivity contribution is -0.160. The zero-order valence-corrected chi connectivity index (χ0v) is 14.0. The van der Waals surface area contributed by atoms with Crippen LogP contribution in [0.15, 0.2) is 50.5 Å². The van der Waals surface area contributed by atoms with Crippen molar-refractivity contribution < 1.29 is 18.7 Å². The Morgan fingerprint density at radius 3 is 1.96 bits per heavy atom. The fraction of sp³-hybridized carbons (Fsp3) is 0.133. The molecule has 1 atom stereocenters. The number of carbonyl (C=O) groups excluding carboxylic acids is 1. The predicted octanol–water partition coefficient (Wildman–Crippen LogP) is 4.90. The maximum Gasteiger partial charge on any atom is 0.354 e. The molecule has 0 saturated heterocycles. The Morgan fingerprint density at radius 1 is 1.00 bits per heavy atom. The van der Waals surface area contributed by atoms with Gasteiger partial charge in [-0.05, 0) is 45.3 Å². The Hall–Kier alpha value is -1.61. The molecule has 3 aromatic heterocycles. The van der Waals surface area contributed by atoms with Crippen LogP contribution >= 0.6 is 34.0 Å². The van der Waals surface area contributed by atoms with Crippen molar-refractivity contribution in [2.45, 2.75) is 12.0 Å². The molecule has 0 saturated carbocycles. The van der Waals surface area contributed by atoms with E-state index in [-0.39, 0.29) is 5.56 Å². The van der Waals surface area contributed by atoms with Gasteiger partial charge in [0, 0.05) is 10.8 Å². The smallest absolute Gasteiger partial charge is 0.354 e. The van der Waals surface area contributed by atoms with Gasteiger partial charge in [0.1, 0.15) is 0 Å². The summed E-state index contributed by atoms with van der Waals surface area (Å²) in [4.78, 5) is 13.5. The lowest BCUT2D eigenvalue weighted by atomic mass is 10.1. The second kappa shape index (κ2) is 6.48. The van der Waals surface area contributed by atoms with E-state index in [1.165, 1.54) is 45.5 Å². The van der Waals surface area contributed by atoms with Crippen LogP contribution in [0.4, 0.5) is 20.2 Å². The van der Waals surface area contributed by atoms with Crippen LogP contribution in [0.5, 0.6) is 0 Å². The minimum absolute atomic E-state index is 0.0314. The van der Waals surface area contributed by atoms with Gasteiger partial charge < -0.3 is 5.11 Å². The summed E-state index contributed by atoms with van der Waals surface area (Å²) >= 11 is 3.79. The van der Waals surface area contributed by atoms with Gasteiger partial charge >= 0.3 is 11.8 Å². The Bertz CT molecular complexity index is 721. The molecule has 3 heterocycles. The molecule has 0 fully saturated rings. The molecule has 0 spiro atoms. The summed E-state index contributed by atoms with van der Waals surface area (Å²) in [5.41, 5.74) is 0.745. The number of aliphatic hydroxyl groups is 1. The third kappa shape index (κ3) is 3.07. The minimum atomic E-state index is -3.94. The van der Waals surface area contributed by atoms with Crippen LogP contribution in [0.25, 0.3) is 0 Å². The number of anilines is 2. The van der Waals surface area contributed by atoms with Gasteiger partial charge in [-0.1, -0.05) is 0 Å². The standard InChI is InChI=1S/C15H11F2NO2S3/c16-15(17,13(19)10-1-4-21-7-10)14(20)18(11-2-5-22-8-11)12-3-6-23-9-12/h1-9,13,19H. The van der Waals surface area contributed by atoms with Gasteiger partial charge in [0.15, 0.2) is 6.10 Å². The van der Waals surface area contributed by atoms with Gasteiger partial charge in [0.05, 0.1) is 11.4 Å². The zero-order chi connectivity index (χ0) is 16.4. The van der Waals surface area contributed by atoms with Crippen LogP contribution in [-0.2, 0) is 4.79 Å². The van der Waals surface area contributed by atoms with E-state index < -0.39 is 17.9 Å². The highest BCUT2D eigenvalue weighted by molar-refractivity contribution is 7.08. The van der Waals surface area contributed by atoms with Crippen LogP contribution in [-0.4, -0.2) is 16.9 Å². The summed E-state index contributed by atoms with van der Waals surface area (Å²) in [6.07, 6.45) is -2.18. The van der Waals surface area contributed by atoms with Crippen LogP contribution in [0, 0.1) is 0 Å². The second-order valence-electron chi connectivity index (χ2n) is 4.69. The summed E-state index contributed by atoms with van der Waals surface area (Å²) in [7, 11) is 0. The Morgan fingerprint density at radius 2 is 1.52 bits per heavy atom. The number of halogens is 2. The lowest BCUT2D eigenvalue weighted by Crippen LogP contribution is -2.45. The third-order valence-electron chi connectivity index (χ3n) is 3.22. The zero-order valence-electron chi connectivity index (χ0n) is 11.6. The first kappa shape index (κ1) is 16.3. The summed E-state index contributed by atoms with van der Waals surface area (Å²) in [6.45, 7) is 0. The Labute approximate surface area is 143 Å². The second-order valence-corrected chi connectivity index (χ2v) is 7.03. The Balaban J connectivity index is 1.98. The average Bonchev–Trinajstić information content (AvgIpc) is 3.29. The average molecular weight is 371 g/mol. The normalized spacial score (nSPS) is 13.0. The lowest BCUT2D eigenvalue weighted by Gasteiger charge is -2.28. The molecule has 3 rings (SSSR count). The first-order valence-electron chi connectivity index (χ1n) is 6.48. The van der Waals surface area contributed by atoms with Gasteiger partial charge in [0.25, 0.3) is 0 Å². The molecule has 3 aromatic rings. The molecule has 0 aromatic carbocycles. The van der Waals surface area contributed by atoms with E-state index in [0.717, 1.165) is 4.90 Å². The summed E-state index contributed by atoms with van der Waals surface area (Å²) in [5.74, 6) is -5.39. The fourth-order valence-corrected chi connectivity index (χ4v) is 3.98. The molecule has 0 aliphatic carbocycles. The van der Waals surface area contributed by atoms with Crippen molar-refractivity contribution in [3.63, 3.8) is 0 Å². The van der Waals surface area contributed by atoms with Crippen LogP contribution in [0.2, 0.25) is 0 Å². The fourth-order valence-electron chi connectivity index (χ4n) is 2.06. The van der Waals surface area contributed by atoms with Crippen LogP contribution in [0.3, 0.4) is 0 Å². The maximum absolute atomic E-state index is 14.6. The number of nitrogens with zero attached hydrogens (tertiary/aromatic N) is 1. The SMILES string of the molecule is O=C(N(c1ccsc1)c1ccsc1)C(F)(F)C(O)c1ccsc1. The number of carbonyl (C=O) groups is 1. The monoisotopic (exact) mass is 371 g/mol. The highest BCUT2D eigenvalue weighted by Crippen LogP contribution is 2.39. The molecule has 3 nitrogen and oxygen atoms in total. The highest BCUT2D eigenvalue weighted by Gasteiger charge is 2.50. The molecule has 0 aliphatic rings. The first-order valence-corrected chi connectivity index (χ1v) is 9.31. The topological polar surface area (TPSA) is 40.5 Å². The number of hydrogen-bond acceptors (Lipinski definition) is 5. The number of amides is 1. The maximum atomic E-state index is 14.6. The quantitative estimate of drug-likeness (QED) is 0.693. The summed E-state index contributed by atoms with van der Waals surface area (Å²) in [5, 5.41) is 19.6. The van der Waals surface area contributed by atoms with Crippen molar-refractivity contribution in [1.82, 2.24) is 0 Å². The van der Waals surface area contributed by atoms with Crippen molar-refractivity contribution in [3.8, 4) is 0 Å². The van der Waals surface area contributed by atoms with Gasteiger partial charge in [-0.25, -0.2) is 0 Å². The van der Waals surface area contributed by atoms with E-state index in [4.69, 9.17) is 0 Å². The molecule has 0 aliphatic heterocycles. The third-order valence-corrected chi connectivity index (χ3v) is 5.26. The van der Waals surface area contributed by atoms with Gasteiger partial charge in [0.2, 0.25) is 0 Å². The first-order chi connectivity index (χ1) is 11.0. The van der Waals surface area contributed by atoms with Crippen molar-refractivity contribution in [2.24, 2.45) is 0 Å². The number of aliphatic hydroxyl groups excluding tert-OH is 1. The molecule has 0 radical (unpaired) electrons. The molecule has 1 N–H and O–H groups in total. The van der Waals surface area contributed by atoms with E-state index in [9.17, 15) is 18.7 Å². The largest absolute Gasteiger partial charge is 0.381 e. The van der Waals surface area contributed by atoms with Gasteiger partial charge in [-0.15, -0.1) is 0 Å². The van der Waals surface area contributed by atoms with E-state index in [1.54, 1.807) is 39.0 Å². The molecule has 1 unspecified atom stereocenters. The van der Waals surface area contributed by atoms with E-state index in [0.29, 0.717) is 11.4 Å². The van der Waals surface area contributed by atoms with E-state index in [2.05, 4.69) is 0 Å². The number of rotatable bonds is 5. The molecule has 8 heteroatoms. The van der Waals surface area contributed by atoms with Gasteiger partial charge in [-0.3, -0.25) is 9.69 Å². The van der Waals surface area contributed by atoms with Crippen molar-refractivity contribution in [3.05, 3.63) is 56.0 Å². The number of hydrogen-bond donors (Lipinski definition) is 1.